The number of piperazine rings is 1. The van der Waals surface area contributed by atoms with Gasteiger partial charge in [-0.2, -0.15) is 0 Å². The third kappa shape index (κ3) is 4.93. The molecule has 0 bridgehead atoms. The van der Waals surface area contributed by atoms with Crippen molar-refractivity contribution in [3.63, 3.8) is 0 Å². The first kappa shape index (κ1) is 21.8. The molecule has 4 rings (SSSR count). The molecule has 0 spiro atoms. The van der Waals surface area contributed by atoms with Crippen LogP contribution in [-0.2, 0) is 9.53 Å². The summed E-state index contributed by atoms with van der Waals surface area (Å²) >= 11 is 6.21. The molecule has 0 N–H and O–H groups in total. The van der Waals surface area contributed by atoms with E-state index in [1.165, 1.54) is 0 Å². The Morgan fingerprint density at radius 2 is 2.00 bits per heavy atom. The second-order valence-corrected chi connectivity index (χ2v) is 8.61. The number of carbonyl (C=O) groups is 1. The predicted molar refractivity (Wildman–Crippen MR) is 121 cm³/mol. The highest BCUT2D eigenvalue weighted by molar-refractivity contribution is 6.29. The summed E-state index contributed by atoms with van der Waals surface area (Å²) in [6, 6.07) is 8.09. The van der Waals surface area contributed by atoms with Crippen LogP contribution < -0.4 is 9.64 Å². The number of aromatic nitrogens is 2. The van der Waals surface area contributed by atoms with Gasteiger partial charge in [-0.25, -0.2) is 9.97 Å². The Hall–Kier alpha value is -2.38. The Balaban J connectivity index is 1.55. The average Bonchev–Trinajstić information content (AvgIpc) is 3.62. The number of hydrogen-bond donors (Lipinski definition) is 0. The molecular formula is C23H29ClN4O3. The highest BCUT2D eigenvalue weighted by Crippen LogP contribution is 2.44. The van der Waals surface area contributed by atoms with Crippen LogP contribution in [0.2, 0.25) is 5.15 Å². The molecule has 1 atom stereocenters. The second-order valence-electron chi connectivity index (χ2n) is 8.22. The predicted octanol–water partition coefficient (Wildman–Crippen LogP) is 3.76. The first-order chi connectivity index (χ1) is 15.0. The number of anilines is 1. The number of carbonyl (C=O) groups excluding carboxylic acids is 1. The van der Waals surface area contributed by atoms with Crippen LogP contribution in [0.3, 0.4) is 0 Å². The third-order valence-electron chi connectivity index (χ3n) is 5.96. The van der Waals surface area contributed by atoms with Gasteiger partial charge in [0.15, 0.2) is 0 Å². The number of rotatable bonds is 7. The quantitative estimate of drug-likeness (QED) is 0.606. The molecule has 2 aromatic heterocycles. The molecule has 0 radical (unpaired) electrons. The van der Waals surface area contributed by atoms with Crippen molar-refractivity contribution in [1.82, 2.24) is 14.9 Å². The highest BCUT2D eigenvalue weighted by Gasteiger charge is 2.31. The topological polar surface area (TPSA) is 67.8 Å². The zero-order chi connectivity index (χ0) is 22.0. The first-order valence-electron chi connectivity index (χ1n) is 10.8. The zero-order valence-electron chi connectivity index (χ0n) is 18.3. The molecular weight excluding hydrogens is 416 g/mol. The average molecular weight is 445 g/mol. The molecule has 2 aromatic rings. The van der Waals surface area contributed by atoms with Gasteiger partial charge in [0.05, 0.1) is 25.8 Å². The summed E-state index contributed by atoms with van der Waals surface area (Å²) in [5.74, 6) is 2.09. The summed E-state index contributed by atoms with van der Waals surface area (Å²) in [5.41, 5.74) is 3.16. The van der Waals surface area contributed by atoms with E-state index < -0.39 is 0 Å². The summed E-state index contributed by atoms with van der Waals surface area (Å²) in [5, 5.41) is 0.406. The van der Waals surface area contributed by atoms with Crippen molar-refractivity contribution in [3.8, 4) is 17.0 Å². The van der Waals surface area contributed by atoms with Gasteiger partial charge in [-0.3, -0.25) is 4.79 Å². The number of nitrogens with zero attached hydrogens (tertiary/aromatic N) is 4. The van der Waals surface area contributed by atoms with Gasteiger partial charge >= 0.3 is 0 Å². The fourth-order valence-corrected chi connectivity index (χ4v) is 4.36. The molecule has 31 heavy (non-hydrogen) atoms. The van der Waals surface area contributed by atoms with Gasteiger partial charge in [0, 0.05) is 50.3 Å². The van der Waals surface area contributed by atoms with Gasteiger partial charge in [-0.15, -0.1) is 0 Å². The van der Waals surface area contributed by atoms with Crippen LogP contribution in [0.1, 0.15) is 37.8 Å². The van der Waals surface area contributed by atoms with E-state index in [9.17, 15) is 4.79 Å². The van der Waals surface area contributed by atoms with Crippen molar-refractivity contribution in [3.05, 3.63) is 35.1 Å². The normalized spacial score (nSPS) is 18.9. The third-order valence-corrected chi connectivity index (χ3v) is 6.15. The van der Waals surface area contributed by atoms with E-state index in [0.29, 0.717) is 36.5 Å². The van der Waals surface area contributed by atoms with Crippen molar-refractivity contribution in [2.45, 2.75) is 38.1 Å². The van der Waals surface area contributed by atoms with Gasteiger partial charge in [-0.1, -0.05) is 11.6 Å². The molecule has 2 fully saturated rings. The molecule has 1 saturated heterocycles. The van der Waals surface area contributed by atoms with Gasteiger partial charge in [0.25, 0.3) is 0 Å². The van der Waals surface area contributed by atoms with Crippen molar-refractivity contribution < 1.29 is 14.3 Å². The van der Waals surface area contributed by atoms with Crippen LogP contribution >= 0.6 is 11.6 Å². The van der Waals surface area contributed by atoms with Crippen LogP contribution in [0.25, 0.3) is 11.1 Å². The molecule has 1 aliphatic heterocycles. The number of methoxy groups -OCH3 is 2. The number of amides is 1. The van der Waals surface area contributed by atoms with Crippen LogP contribution in [0.5, 0.6) is 5.88 Å². The number of pyridine rings is 2. The minimum atomic E-state index is 0.132. The van der Waals surface area contributed by atoms with E-state index in [-0.39, 0.29) is 11.9 Å². The van der Waals surface area contributed by atoms with E-state index in [1.54, 1.807) is 14.2 Å². The maximum atomic E-state index is 12.4. The lowest BCUT2D eigenvalue weighted by Crippen LogP contribution is -2.54. The smallest absolute Gasteiger partial charge is 0.225 e. The maximum absolute atomic E-state index is 12.4. The summed E-state index contributed by atoms with van der Waals surface area (Å²) in [6.45, 7) is 4.79. The minimum Gasteiger partial charge on any atom is -0.481 e. The lowest BCUT2D eigenvalue weighted by Gasteiger charge is -2.40. The lowest BCUT2D eigenvalue weighted by atomic mass is 10.0. The standard InChI is InChI=1S/C23H29ClN4O3/c1-15-14-27(9-10-28(15)22(29)8-11-30-2)20-7-6-18(23(26-20)16-4-5-16)17-12-19(24)25-21(13-17)31-3/h6-7,12-13,15-16H,4-5,8-11,14H2,1-3H3/t15-/m1/s1. The molecule has 3 heterocycles. The lowest BCUT2D eigenvalue weighted by molar-refractivity contribution is -0.134. The maximum Gasteiger partial charge on any atom is 0.225 e. The summed E-state index contributed by atoms with van der Waals surface area (Å²) < 4.78 is 10.3. The van der Waals surface area contributed by atoms with Crippen molar-refractivity contribution in [2.24, 2.45) is 0 Å². The molecule has 0 aromatic carbocycles. The SMILES string of the molecule is COCCC(=O)N1CCN(c2ccc(-c3cc(Cl)nc(OC)c3)c(C3CC3)n2)C[C@H]1C. The Morgan fingerprint density at radius 1 is 1.19 bits per heavy atom. The fourth-order valence-electron chi connectivity index (χ4n) is 4.15. The van der Waals surface area contributed by atoms with Crippen LogP contribution in [0.4, 0.5) is 5.82 Å². The van der Waals surface area contributed by atoms with E-state index in [0.717, 1.165) is 48.6 Å². The van der Waals surface area contributed by atoms with Crippen molar-refractivity contribution in [2.75, 3.05) is 45.4 Å². The summed E-state index contributed by atoms with van der Waals surface area (Å²) in [6.07, 6.45) is 2.73. The molecule has 1 aliphatic carbocycles. The summed E-state index contributed by atoms with van der Waals surface area (Å²) in [4.78, 5) is 25.9. The molecule has 7 nitrogen and oxygen atoms in total. The van der Waals surface area contributed by atoms with E-state index in [2.05, 4.69) is 28.9 Å². The molecule has 8 heteroatoms. The Kier molecular flexibility index (Phi) is 6.62. The van der Waals surface area contributed by atoms with Crippen molar-refractivity contribution >= 4 is 23.3 Å². The molecule has 1 saturated carbocycles. The first-order valence-corrected chi connectivity index (χ1v) is 11.1. The Bertz CT molecular complexity index is 950. The monoisotopic (exact) mass is 444 g/mol. The molecule has 166 valence electrons. The second kappa shape index (κ2) is 9.40. The molecule has 2 aliphatic rings. The molecule has 1 amide bonds. The van der Waals surface area contributed by atoms with Gasteiger partial charge < -0.3 is 19.3 Å². The van der Waals surface area contributed by atoms with E-state index in [1.807, 2.05) is 17.0 Å². The van der Waals surface area contributed by atoms with Gasteiger partial charge in [0.1, 0.15) is 11.0 Å². The number of halogens is 1. The Labute approximate surface area is 188 Å². The Morgan fingerprint density at radius 3 is 2.68 bits per heavy atom. The molecule has 0 unspecified atom stereocenters. The van der Waals surface area contributed by atoms with Gasteiger partial charge in [0.2, 0.25) is 11.8 Å². The van der Waals surface area contributed by atoms with E-state index >= 15 is 0 Å². The summed E-state index contributed by atoms with van der Waals surface area (Å²) in [7, 11) is 3.21. The van der Waals surface area contributed by atoms with E-state index in [4.69, 9.17) is 26.1 Å². The fraction of sp³-hybridized carbons (Fsp3) is 0.522. The van der Waals surface area contributed by atoms with Gasteiger partial charge in [-0.05, 0) is 43.5 Å². The number of hydrogen-bond acceptors (Lipinski definition) is 6. The zero-order valence-corrected chi connectivity index (χ0v) is 19.1. The van der Waals surface area contributed by atoms with Crippen LogP contribution in [0, 0.1) is 0 Å². The van der Waals surface area contributed by atoms with Crippen molar-refractivity contribution in [1.29, 1.82) is 0 Å². The largest absolute Gasteiger partial charge is 0.481 e. The minimum absolute atomic E-state index is 0.132. The van der Waals surface area contributed by atoms with Crippen LogP contribution in [-0.4, -0.2) is 67.3 Å². The highest BCUT2D eigenvalue weighted by atomic mass is 35.5. The van der Waals surface area contributed by atoms with Crippen LogP contribution in [0.15, 0.2) is 24.3 Å². The number of ether oxygens (including phenoxy) is 2.